The lowest BCUT2D eigenvalue weighted by atomic mass is 9.76. The van der Waals surface area contributed by atoms with Gasteiger partial charge in [-0.3, -0.25) is 4.79 Å². The third kappa shape index (κ3) is 4.68. The summed E-state index contributed by atoms with van der Waals surface area (Å²) in [6, 6.07) is 10.9. The second-order valence-electron chi connectivity index (χ2n) is 7.60. The Balaban J connectivity index is 1.36. The quantitative estimate of drug-likeness (QED) is 0.782. The van der Waals surface area contributed by atoms with Crippen LogP contribution in [0.1, 0.15) is 76.2 Å². The van der Waals surface area contributed by atoms with E-state index in [-0.39, 0.29) is 5.91 Å². The largest absolute Gasteiger partial charge is 0.273 e. The van der Waals surface area contributed by atoms with E-state index < -0.39 is 0 Å². The molecule has 1 saturated carbocycles. The van der Waals surface area contributed by atoms with E-state index in [1.807, 2.05) is 0 Å². The highest BCUT2D eigenvalue weighted by Gasteiger charge is 2.26. The van der Waals surface area contributed by atoms with Crippen molar-refractivity contribution in [2.24, 2.45) is 16.9 Å². The van der Waals surface area contributed by atoms with E-state index in [0.717, 1.165) is 12.3 Å². The maximum absolute atomic E-state index is 11.2. The van der Waals surface area contributed by atoms with E-state index in [1.165, 1.54) is 56.2 Å². The Bertz CT molecular complexity index is 558. The van der Waals surface area contributed by atoms with Crippen molar-refractivity contribution in [3.63, 3.8) is 0 Å². The number of nitrogens with zero attached hydrogens (tertiary/aromatic N) is 1. The molecule has 3 rings (SSSR count). The Kier molecular flexibility index (Phi) is 6.06. The van der Waals surface area contributed by atoms with E-state index in [0.29, 0.717) is 18.3 Å². The number of hydrazone groups is 1. The van der Waals surface area contributed by atoms with Crippen LogP contribution < -0.4 is 5.43 Å². The number of benzene rings is 1. The summed E-state index contributed by atoms with van der Waals surface area (Å²) in [7, 11) is 0. The molecule has 0 radical (unpaired) electrons. The molecule has 1 unspecified atom stereocenters. The van der Waals surface area contributed by atoms with Crippen LogP contribution in [0.25, 0.3) is 0 Å². The van der Waals surface area contributed by atoms with Gasteiger partial charge in [-0.1, -0.05) is 50.1 Å². The molecule has 1 aliphatic carbocycles. The fourth-order valence-electron chi connectivity index (χ4n) is 4.23. The lowest BCUT2D eigenvalue weighted by Crippen LogP contribution is -2.31. The van der Waals surface area contributed by atoms with Crippen LogP contribution in [0, 0.1) is 11.8 Å². The second-order valence-corrected chi connectivity index (χ2v) is 7.60. The summed E-state index contributed by atoms with van der Waals surface area (Å²) in [4.78, 5) is 11.2. The van der Waals surface area contributed by atoms with Gasteiger partial charge in [0.25, 0.3) is 0 Å². The average molecular weight is 326 g/mol. The van der Waals surface area contributed by atoms with Crippen LogP contribution in [0.3, 0.4) is 0 Å². The Hall–Kier alpha value is -1.64. The van der Waals surface area contributed by atoms with E-state index in [1.54, 1.807) is 0 Å². The normalized spacial score (nSPS) is 25.7. The SMILES string of the molecule is CC(CCC[C@H]1CC[C@H](C2=NNC(=O)CC2)CC1)c1ccccc1. The lowest BCUT2D eigenvalue weighted by molar-refractivity contribution is -0.121. The van der Waals surface area contributed by atoms with Crippen LogP contribution in [-0.2, 0) is 4.79 Å². The van der Waals surface area contributed by atoms with Crippen LogP contribution >= 0.6 is 0 Å². The van der Waals surface area contributed by atoms with Gasteiger partial charge in [-0.2, -0.15) is 5.10 Å². The highest BCUT2D eigenvalue weighted by atomic mass is 16.2. The number of carbonyl (C=O) groups is 1. The topological polar surface area (TPSA) is 41.5 Å². The monoisotopic (exact) mass is 326 g/mol. The van der Waals surface area contributed by atoms with Gasteiger partial charge in [-0.25, -0.2) is 5.43 Å². The molecule has 0 bridgehead atoms. The van der Waals surface area contributed by atoms with Crippen molar-refractivity contribution < 1.29 is 4.79 Å². The summed E-state index contributed by atoms with van der Waals surface area (Å²) < 4.78 is 0. The zero-order valence-corrected chi connectivity index (χ0v) is 14.8. The van der Waals surface area contributed by atoms with Gasteiger partial charge >= 0.3 is 0 Å². The van der Waals surface area contributed by atoms with Crippen LogP contribution in [0.4, 0.5) is 0 Å². The van der Waals surface area contributed by atoms with Gasteiger partial charge in [0.05, 0.1) is 0 Å². The van der Waals surface area contributed by atoms with Crippen molar-refractivity contribution in [1.82, 2.24) is 5.43 Å². The Morgan fingerprint density at radius 3 is 2.54 bits per heavy atom. The highest BCUT2D eigenvalue weighted by molar-refractivity contribution is 5.93. The van der Waals surface area contributed by atoms with Gasteiger partial charge in [0, 0.05) is 12.1 Å². The van der Waals surface area contributed by atoms with Gasteiger partial charge in [0.1, 0.15) is 0 Å². The molecular formula is C21H30N2O. The van der Waals surface area contributed by atoms with E-state index >= 15 is 0 Å². The fourth-order valence-corrected chi connectivity index (χ4v) is 4.23. The second kappa shape index (κ2) is 8.46. The first-order chi connectivity index (χ1) is 11.7. The van der Waals surface area contributed by atoms with Crippen molar-refractivity contribution in [2.75, 3.05) is 0 Å². The summed E-state index contributed by atoms with van der Waals surface area (Å²) in [5.41, 5.74) is 5.36. The van der Waals surface area contributed by atoms with Crippen LogP contribution in [-0.4, -0.2) is 11.6 Å². The molecule has 1 aromatic rings. The Labute approximate surface area is 145 Å². The predicted octanol–water partition coefficient (Wildman–Crippen LogP) is 5.03. The predicted molar refractivity (Wildman–Crippen MR) is 99.0 cm³/mol. The molecule has 1 aromatic carbocycles. The molecule has 0 aromatic heterocycles. The molecule has 1 amide bonds. The average Bonchev–Trinajstić information content (AvgIpc) is 2.64. The standard InChI is InChI=1S/C21H30N2O/c1-16(18-8-3-2-4-9-18)6-5-7-17-10-12-19(13-11-17)20-14-15-21(24)23-22-20/h2-4,8-9,16-17,19H,5-7,10-15H2,1H3,(H,23,24)/t16?,17-,19-. The molecule has 3 nitrogen and oxygen atoms in total. The fraction of sp³-hybridized carbons (Fsp3) is 0.619. The summed E-state index contributed by atoms with van der Waals surface area (Å²) in [5.74, 6) is 2.25. The van der Waals surface area contributed by atoms with Gasteiger partial charge < -0.3 is 0 Å². The van der Waals surface area contributed by atoms with Gasteiger partial charge in [0.2, 0.25) is 5.91 Å². The van der Waals surface area contributed by atoms with Crippen molar-refractivity contribution in [2.45, 2.75) is 70.6 Å². The molecule has 1 aliphatic heterocycles. The zero-order chi connectivity index (χ0) is 16.8. The first-order valence-corrected chi connectivity index (χ1v) is 9.62. The number of rotatable bonds is 6. The molecule has 0 saturated heterocycles. The first kappa shape index (κ1) is 17.2. The maximum atomic E-state index is 11.2. The summed E-state index contributed by atoms with van der Waals surface area (Å²) in [6.45, 7) is 2.35. The molecule has 2 aliphatic rings. The highest BCUT2D eigenvalue weighted by Crippen LogP contribution is 2.34. The van der Waals surface area contributed by atoms with E-state index in [2.05, 4.69) is 47.8 Å². The van der Waals surface area contributed by atoms with E-state index in [4.69, 9.17) is 0 Å². The number of carbonyl (C=O) groups excluding carboxylic acids is 1. The molecule has 1 fully saturated rings. The van der Waals surface area contributed by atoms with Gasteiger partial charge in [-0.05, 0) is 61.8 Å². The number of amides is 1. The lowest BCUT2D eigenvalue weighted by Gasteiger charge is -2.30. The minimum Gasteiger partial charge on any atom is -0.273 e. The van der Waals surface area contributed by atoms with Crippen LogP contribution in [0.2, 0.25) is 0 Å². The molecule has 1 atom stereocenters. The minimum atomic E-state index is 0.0694. The number of hydrogen-bond donors (Lipinski definition) is 1. The molecule has 0 spiro atoms. The smallest absolute Gasteiger partial charge is 0.240 e. The zero-order valence-electron chi connectivity index (χ0n) is 14.8. The maximum Gasteiger partial charge on any atom is 0.240 e. The first-order valence-electron chi connectivity index (χ1n) is 9.62. The minimum absolute atomic E-state index is 0.0694. The van der Waals surface area contributed by atoms with Crippen molar-refractivity contribution in [3.05, 3.63) is 35.9 Å². The van der Waals surface area contributed by atoms with Crippen molar-refractivity contribution in [3.8, 4) is 0 Å². The summed E-state index contributed by atoms with van der Waals surface area (Å²) >= 11 is 0. The third-order valence-corrected chi connectivity index (χ3v) is 5.87. The summed E-state index contributed by atoms with van der Waals surface area (Å²) in [5, 5.41) is 4.30. The van der Waals surface area contributed by atoms with Crippen LogP contribution in [0.5, 0.6) is 0 Å². The van der Waals surface area contributed by atoms with Crippen LogP contribution in [0.15, 0.2) is 35.4 Å². The molecule has 3 heteroatoms. The molecule has 1 N–H and O–H groups in total. The summed E-state index contributed by atoms with van der Waals surface area (Å²) in [6.07, 6.45) is 10.7. The number of nitrogens with one attached hydrogen (secondary N) is 1. The van der Waals surface area contributed by atoms with Gasteiger partial charge in [0.15, 0.2) is 0 Å². The molecule has 1 heterocycles. The Morgan fingerprint density at radius 1 is 1.12 bits per heavy atom. The Morgan fingerprint density at radius 2 is 1.88 bits per heavy atom. The van der Waals surface area contributed by atoms with E-state index in [9.17, 15) is 4.79 Å². The molecular weight excluding hydrogens is 296 g/mol. The van der Waals surface area contributed by atoms with Gasteiger partial charge in [-0.15, -0.1) is 0 Å². The molecule has 24 heavy (non-hydrogen) atoms. The van der Waals surface area contributed by atoms with Crippen molar-refractivity contribution >= 4 is 11.6 Å². The number of hydrogen-bond acceptors (Lipinski definition) is 2. The van der Waals surface area contributed by atoms with Crippen molar-refractivity contribution in [1.29, 1.82) is 0 Å². The molecule has 130 valence electrons. The third-order valence-electron chi connectivity index (χ3n) is 5.87.